The molecule has 2 atom stereocenters. The van der Waals surface area contributed by atoms with Crippen LogP contribution >= 0.6 is 15.9 Å². The minimum Gasteiger partial charge on any atom is -0.468 e. The summed E-state index contributed by atoms with van der Waals surface area (Å²) in [5.74, 6) is -6.07. The maximum Gasteiger partial charge on any atom is 0.508 e. The smallest absolute Gasteiger partial charge is 0.468 e. The molecule has 0 aliphatic carbocycles. The van der Waals surface area contributed by atoms with Gasteiger partial charge in [-0.15, -0.1) is 0 Å². The molecule has 0 bridgehead atoms. The number of carbonyl (C=O) groups excluding carboxylic acids is 4. The fourth-order valence-electron chi connectivity index (χ4n) is 2.81. The van der Waals surface area contributed by atoms with E-state index in [9.17, 15) is 28.0 Å². The normalized spacial score (nSPS) is 14.1. The predicted molar refractivity (Wildman–Crippen MR) is 126 cm³/mol. The molecular weight excluding hydrogens is 550 g/mol. The maximum absolute atomic E-state index is 14.2. The molecule has 36 heavy (non-hydrogen) atoms. The zero-order chi connectivity index (χ0) is 27.6. The lowest BCUT2D eigenvalue weighted by atomic mass is 9.86. The van der Waals surface area contributed by atoms with Crippen LogP contribution in [-0.4, -0.2) is 63.5 Å². The minimum absolute atomic E-state index is 0.198. The zero-order valence-electron chi connectivity index (χ0n) is 20.8. The Kier molecular flexibility index (Phi) is 11.7. The Morgan fingerprint density at radius 1 is 0.861 bits per heavy atom. The van der Waals surface area contributed by atoms with E-state index in [1.165, 1.54) is 6.92 Å². The summed E-state index contributed by atoms with van der Waals surface area (Å²) in [5, 5.41) is 0. The Labute approximate surface area is 216 Å². The molecule has 0 aromatic heterocycles. The first-order valence-electron chi connectivity index (χ1n) is 10.9. The molecule has 0 saturated heterocycles. The third kappa shape index (κ3) is 10.5. The molecule has 2 unspecified atom stereocenters. The van der Waals surface area contributed by atoms with Crippen molar-refractivity contribution in [1.29, 1.82) is 0 Å². The average Bonchev–Trinajstić information content (AvgIpc) is 2.83. The fraction of sp³-hybridized carbons (Fsp3) is 0.583. The highest BCUT2D eigenvalue weighted by molar-refractivity contribution is 9.09. The van der Waals surface area contributed by atoms with Gasteiger partial charge in [0.05, 0.1) is 12.5 Å². The summed E-state index contributed by atoms with van der Waals surface area (Å²) in [7, 11) is 1.08. The lowest BCUT2D eigenvalue weighted by Crippen LogP contribution is -2.40. The number of halogens is 3. The van der Waals surface area contributed by atoms with Gasteiger partial charge in [-0.1, -0.05) is 46.3 Å². The highest BCUT2D eigenvalue weighted by atomic mass is 79.9. The molecule has 202 valence electrons. The zero-order valence-corrected chi connectivity index (χ0v) is 22.4. The molecule has 0 radical (unpaired) electrons. The quantitative estimate of drug-likeness (QED) is 0.187. The van der Waals surface area contributed by atoms with Crippen molar-refractivity contribution < 1.29 is 51.6 Å². The van der Waals surface area contributed by atoms with Gasteiger partial charge in [-0.2, -0.15) is 8.78 Å². The first kappa shape index (κ1) is 31.3. The van der Waals surface area contributed by atoms with Gasteiger partial charge in [0.15, 0.2) is 13.2 Å². The van der Waals surface area contributed by atoms with E-state index in [1.54, 1.807) is 13.8 Å². The van der Waals surface area contributed by atoms with Crippen LogP contribution in [0.5, 0.6) is 0 Å². The van der Waals surface area contributed by atoms with E-state index in [2.05, 4.69) is 25.4 Å². The third-order valence-corrected chi connectivity index (χ3v) is 5.85. The standard InChI is InChI=1S/C24H31BrF2O9/c1-16(28)33-12-23(4,20(30)32-5)13-35-21(31)36-15-24(26,27)14-34-19(29)22(2,3)11-18(25)17-9-7-6-8-10-17/h6-10,18H,11-15H2,1-5H3. The lowest BCUT2D eigenvalue weighted by Gasteiger charge is -2.27. The molecular formula is C24H31BrF2O9. The fourth-order valence-corrected chi connectivity index (χ4v) is 3.93. The average molecular weight is 581 g/mol. The molecule has 0 fully saturated rings. The van der Waals surface area contributed by atoms with Crippen LogP contribution in [0.15, 0.2) is 30.3 Å². The first-order valence-corrected chi connectivity index (χ1v) is 11.8. The number of esters is 3. The van der Waals surface area contributed by atoms with E-state index in [-0.39, 0.29) is 11.2 Å². The summed E-state index contributed by atoms with van der Waals surface area (Å²) in [4.78, 5) is 47.0. The van der Waals surface area contributed by atoms with E-state index in [1.807, 2.05) is 30.3 Å². The van der Waals surface area contributed by atoms with Gasteiger partial charge in [0.1, 0.15) is 18.6 Å². The highest BCUT2D eigenvalue weighted by Crippen LogP contribution is 2.37. The van der Waals surface area contributed by atoms with Gasteiger partial charge in [0.25, 0.3) is 0 Å². The second-order valence-corrected chi connectivity index (χ2v) is 10.2. The molecule has 0 aliphatic heterocycles. The van der Waals surface area contributed by atoms with Crippen molar-refractivity contribution in [2.24, 2.45) is 10.8 Å². The molecule has 1 rings (SSSR count). The van der Waals surface area contributed by atoms with Crippen LogP contribution in [0.2, 0.25) is 0 Å². The summed E-state index contributed by atoms with van der Waals surface area (Å²) in [6, 6.07) is 9.28. The van der Waals surface area contributed by atoms with Crippen molar-refractivity contribution in [3.63, 3.8) is 0 Å². The largest absolute Gasteiger partial charge is 0.508 e. The van der Waals surface area contributed by atoms with Gasteiger partial charge in [-0.05, 0) is 32.8 Å². The molecule has 1 aromatic carbocycles. The second kappa shape index (κ2) is 13.5. The summed E-state index contributed by atoms with van der Waals surface area (Å²) >= 11 is 3.50. The molecule has 9 nitrogen and oxygen atoms in total. The Morgan fingerprint density at radius 2 is 1.39 bits per heavy atom. The van der Waals surface area contributed by atoms with Crippen LogP contribution < -0.4 is 0 Å². The third-order valence-electron chi connectivity index (χ3n) is 5.00. The number of methoxy groups -OCH3 is 1. The molecule has 0 heterocycles. The van der Waals surface area contributed by atoms with Crippen LogP contribution in [0.4, 0.5) is 13.6 Å². The lowest BCUT2D eigenvalue weighted by molar-refractivity contribution is -0.170. The number of rotatable bonds is 13. The van der Waals surface area contributed by atoms with Crippen LogP contribution in [-0.2, 0) is 38.1 Å². The van der Waals surface area contributed by atoms with Crippen LogP contribution in [0.25, 0.3) is 0 Å². The molecule has 0 amide bonds. The SMILES string of the molecule is COC(=O)C(C)(COC(C)=O)COC(=O)OCC(F)(F)COC(=O)C(C)(C)CC(Br)c1ccccc1. The Hall–Kier alpha value is -2.76. The molecule has 0 N–H and O–H groups in total. The Balaban J connectivity index is 2.56. The van der Waals surface area contributed by atoms with Gasteiger partial charge < -0.3 is 23.7 Å². The predicted octanol–water partition coefficient (Wildman–Crippen LogP) is 4.61. The minimum atomic E-state index is -3.69. The number of benzene rings is 1. The van der Waals surface area contributed by atoms with Gasteiger partial charge in [-0.3, -0.25) is 14.4 Å². The van der Waals surface area contributed by atoms with E-state index in [0.717, 1.165) is 19.6 Å². The number of hydrogen-bond donors (Lipinski definition) is 0. The van der Waals surface area contributed by atoms with Gasteiger partial charge >= 0.3 is 30.0 Å². The molecule has 0 spiro atoms. The topological polar surface area (TPSA) is 114 Å². The van der Waals surface area contributed by atoms with Crippen molar-refractivity contribution >= 4 is 40.0 Å². The number of carbonyl (C=O) groups is 4. The molecule has 0 saturated carbocycles. The molecule has 1 aromatic rings. The summed E-state index contributed by atoms with van der Waals surface area (Å²) in [6.07, 6.45) is -1.21. The molecule has 12 heteroatoms. The van der Waals surface area contributed by atoms with E-state index >= 15 is 0 Å². The van der Waals surface area contributed by atoms with Crippen LogP contribution in [0.3, 0.4) is 0 Å². The first-order chi connectivity index (χ1) is 16.6. The summed E-state index contributed by atoms with van der Waals surface area (Å²) in [5.41, 5.74) is -1.73. The van der Waals surface area contributed by atoms with E-state index in [4.69, 9.17) is 14.2 Å². The summed E-state index contributed by atoms with van der Waals surface area (Å²) < 4.78 is 51.6. The monoisotopic (exact) mass is 580 g/mol. The number of ether oxygens (including phenoxy) is 5. The van der Waals surface area contributed by atoms with Gasteiger partial charge in [0, 0.05) is 11.8 Å². The van der Waals surface area contributed by atoms with Crippen molar-refractivity contribution in [3.8, 4) is 0 Å². The van der Waals surface area contributed by atoms with Crippen LogP contribution in [0, 0.1) is 10.8 Å². The second-order valence-electron chi connectivity index (χ2n) is 9.06. The number of hydrogen-bond acceptors (Lipinski definition) is 9. The van der Waals surface area contributed by atoms with Crippen molar-refractivity contribution in [1.82, 2.24) is 0 Å². The van der Waals surface area contributed by atoms with E-state index < -0.39 is 67.2 Å². The van der Waals surface area contributed by atoms with Crippen molar-refractivity contribution in [3.05, 3.63) is 35.9 Å². The Bertz CT molecular complexity index is 908. The maximum atomic E-state index is 14.2. The highest BCUT2D eigenvalue weighted by Gasteiger charge is 2.40. The van der Waals surface area contributed by atoms with Crippen LogP contribution in [0.1, 0.15) is 44.5 Å². The van der Waals surface area contributed by atoms with Crippen molar-refractivity contribution in [2.75, 3.05) is 33.5 Å². The van der Waals surface area contributed by atoms with Crippen molar-refractivity contribution in [2.45, 2.75) is 44.9 Å². The molecule has 0 aliphatic rings. The van der Waals surface area contributed by atoms with Gasteiger partial charge in [-0.25, -0.2) is 4.79 Å². The van der Waals surface area contributed by atoms with E-state index in [0.29, 0.717) is 0 Å². The van der Waals surface area contributed by atoms with Gasteiger partial charge in [0.2, 0.25) is 0 Å². The summed E-state index contributed by atoms with van der Waals surface area (Å²) in [6.45, 7) is 1.69. The number of alkyl halides is 3. The Morgan fingerprint density at radius 3 is 1.94 bits per heavy atom.